The Kier molecular flexibility index (Phi) is 5.38. The number of ether oxygens (including phenoxy) is 2. The Balaban J connectivity index is 2.50. The van der Waals surface area contributed by atoms with Crippen LogP contribution >= 0.6 is 15.9 Å². The van der Waals surface area contributed by atoms with E-state index in [-0.39, 0.29) is 0 Å². The summed E-state index contributed by atoms with van der Waals surface area (Å²) < 4.78 is 12.4. The van der Waals surface area contributed by atoms with Gasteiger partial charge in [0.1, 0.15) is 5.56 Å². The van der Waals surface area contributed by atoms with E-state index in [2.05, 4.69) is 21.0 Å². The van der Waals surface area contributed by atoms with E-state index in [0.29, 0.717) is 35.7 Å². The summed E-state index contributed by atoms with van der Waals surface area (Å²) in [6.07, 6.45) is 0. The zero-order valence-electron chi connectivity index (χ0n) is 12.0. The molecule has 5 nitrogen and oxygen atoms in total. The predicted molar refractivity (Wildman–Crippen MR) is 83.5 cm³/mol. The summed E-state index contributed by atoms with van der Waals surface area (Å²) in [5.41, 5.74) is 1.80. The van der Waals surface area contributed by atoms with Crippen molar-refractivity contribution in [3.63, 3.8) is 0 Å². The highest BCUT2D eigenvalue weighted by atomic mass is 79.9. The second-order valence-electron chi connectivity index (χ2n) is 4.27. The summed E-state index contributed by atoms with van der Waals surface area (Å²) in [5, 5.41) is 5.07. The maximum absolute atomic E-state index is 12.1. The van der Waals surface area contributed by atoms with Gasteiger partial charge in [0.25, 0.3) is 0 Å². The predicted octanol–water partition coefficient (Wildman–Crippen LogP) is 3.13. The molecular weight excluding hydrogens is 336 g/mol. The van der Waals surface area contributed by atoms with Crippen molar-refractivity contribution in [2.75, 3.05) is 18.5 Å². The number of benzene rings is 1. The molecule has 0 N–H and O–H groups in total. The van der Waals surface area contributed by atoms with Crippen LogP contribution in [0.15, 0.2) is 30.3 Å². The lowest BCUT2D eigenvalue weighted by atomic mass is 10.2. The number of rotatable bonds is 6. The zero-order chi connectivity index (χ0) is 15.2. The monoisotopic (exact) mass is 352 g/mol. The van der Waals surface area contributed by atoms with E-state index in [4.69, 9.17) is 9.47 Å². The highest BCUT2D eigenvalue weighted by molar-refractivity contribution is 9.09. The average Bonchev–Trinajstić information content (AvgIpc) is 2.83. The van der Waals surface area contributed by atoms with Gasteiger partial charge in [-0.2, -0.15) is 5.10 Å². The summed E-state index contributed by atoms with van der Waals surface area (Å²) in [6.45, 7) is 4.29. The number of nitrogens with zero attached hydrogens (tertiary/aromatic N) is 2. The average molecular weight is 353 g/mol. The number of alkyl halides is 1. The van der Waals surface area contributed by atoms with Gasteiger partial charge in [-0.25, -0.2) is 9.48 Å². The molecular formula is C15H17BrN2O3. The summed E-state index contributed by atoms with van der Waals surface area (Å²) in [5.74, 6) is -0.00152. The lowest BCUT2D eigenvalue weighted by molar-refractivity contribution is 0.0521. The van der Waals surface area contributed by atoms with Crippen molar-refractivity contribution >= 4 is 21.9 Å². The molecule has 6 heteroatoms. The van der Waals surface area contributed by atoms with Crippen LogP contribution in [0.25, 0.3) is 5.69 Å². The van der Waals surface area contributed by atoms with Gasteiger partial charge in [0, 0.05) is 5.33 Å². The van der Waals surface area contributed by atoms with Crippen LogP contribution in [0.4, 0.5) is 0 Å². The molecule has 1 heterocycles. The van der Waals surface area contributed by atoms with Crippen LogP contribution < -0.4 is 4.74 Å². The van der Waals surface area contributed by atoms with Crippen molar-refractivity contribution in [3.8, 4) is 11.6 Å². The van der Waals surface area contributed by atoms with Gasteiger partial charge < -0.3 is 9.47 Å². The van der Waals surface area contributed by atoms with E-state index < -0.39 is 5.97 Å². The van der Waals surface area contributed by atoms with Gasteiger partial charge in [0.2, 0.25) is 5.88 Å². The first-order valence-corrected chi connectivity index (χ1v) is 7.82. The van der Waals surface area contributed by atoms with Gasteiger partial charge in [-0.3, -0.25) is 0 Å². The van der Waals surface area contributed by atoms with E-state index in [1.165, 1.54) is 0 Å². The standard InChI is InChI=1S/C15H17BrN2O3/c1-3-20-15(19)13-11(2)17-18(14(13)21-10-9-16)12-7-5-4-6-8-12/h4-8H,3,9-10H2,1-2H3. The molecule has 0 aliphatic heterocycles. The van der Waals surface area contributed by atoms with Crippen molar-refractivity contribution in [3.05, 3.63) is 41.6 Å². The first-order valence-electron chi connectivity index (χ1n) is 6.70. The van der Waals surface area contributed by atoms with Gasteiger partial charge in [-0.15, -0.1) is 0 Å². The van der Waals surface area contributed by atoms with Gasteiger partial charge in [-0.1, -0.05) is 34.1 Å². The zero-order valence-corrected chi connectivity index (χ0v) is 13.6. The van der Waals surface area contributed by atoms with Crippen molar-refractivity contribution in [2.24, 2.45) is 0 Å². The molecule has 0 aliphatic rings. The molecule has 21 heavy (non-hydrogen) atoms. The Morgan fingerprint density at radius 3 is 2.67 bits per heavy atom. The molecule has 1 aromatic carbocycles. The molecule has 0 radical (unpaired) electrons. The maximum Gasteiger partial charge on any atom is 0.345 e. The van der Waals surface area contributed by atoms with Crippen molar-refractivity contribution in [1.82, 2.24) is 9.78 Å². The van der Waals surface area contributed by atoms with Crippen LogP contribution in [0.2, 0.25) is 0 Å². The molecule has 0 fully saturated rings. The number of carbonyl (C=O) groups is 1. The lowest BCUT2D eigenvalue weighted by Crippen LogP contribution is -2.10. The second kappa shape index (κ2) is 7.26. The van der Waals surface area contributed by atoms with Crippen LogP contribution in [0, 0.1) is 6.92 Å². The molecule has 0 spiro atoms. The fourth-order valence-corrected chi connectivity index (χ4v) is 2.12. The van der Waals surface area contributed by atoms with Crippen LogP contribution in [0.3, 0.4) is 0 Å². The van der Waals surface area contributed by atoms with Crippen molar-refractivity contribution in [1.29, 1.82) is 0 Å². The molecule has 0 unspecified atom stereocenters. The number of hydrogen-bond donors (Lipinski definition) is 0. The Hall–Kier alpha value is -1.82. The molecule has 0 saturated heterocycles. The molecule has 0 saturated carbocycles. The first kappa shape index (κ1) is 15.6. The molecule has 1 aromatic heterocycles. The lowest BCUT2D eigenvalue weighted by Gasteiger charge is -2.10. The fourth-order valence-electron chi connectivity index (χ4n) is 1.96. The first-order chi connectivity index (χ1) is 10.2. The Morgan fingerprint density at radius 2 is 2.05 bits per heavy atom. The Morgan fingerprint density at radius 1 is 1.33 bits per heavy atom. The van der Waals surface area contributed by atoms with E-state index in [1.807, 2.05) is 30.3 Å². The highest BCUT2D eigenvalue weighted by Crippen LogP contribution is 2.27. The van der Waals surface area contributed by atoms with Crippen LogP contribution in [-0.4, -0.2) is 34.3 Å². The summed E-state index contributed by atoms with van der Waals surface area (Å²) in [6, 6.07) is 9.55. The van der Waals surface area contributed by atoms with Crippen LogP contribution in [0.5, 0.6) is 5.88 Å². The molecule has 0 atom stereocenters. The normalized spacial score (nSPS) is 10.4. The number of esters is 1. The third kappa shape index (κ3) is 3.44. The molecule has 2 aromatic rings. The quantitative estimate of drug-likeness (QED) is 0.592. The molecule has 2 rings (SSSR count). The second-order valence-corrected chi connectivity index (χ2v) is 5.06. The number of halogens is 1. The molecule has 112 valence electrons. The number of aryl methyl sites for hydroxylation is 1. The van der Waals surface area contributed by atoms with Crippen LogP contribution in [-0.2, 0) is 4.74 Å². The number of carbonyl (C=O) groups excluding carboxylic acids is 1. The summed E-state index contributed by atoms with van der Waals surface area (Å²) in [4.78, 5) is 12.1. The Bertz CT molecular complexity index is 611. The SMILES string of the molecule is CCOC(=O)c1c(C)nn(-c2ccccc2)c1OCCBr. The molecule has 0 bridgehead atoms. The highest BCUT2D eigenvalue weighted by Gasteiger charge is 2.24. The smallest absolute Gasteiger partial charge is 0.345 e. The number of hydrogen-bond acceptors (Lipinski definition) is 4. The minimum absolute atomic E-state index is 0.312. The number of para-hydroxylation sites is 1. The Labute approximate surface area is 132 Å². The van der Waals surface area contributed by atoms with E-state index >= 15 is 0 Å². The topological polar surface area (TPSA) is 53.3 Å². The summed E-state index contributed by atoms with van der Waals surface area (Å²) >= 11 is 3.32. The number of aromatic nitrogens is 2. The molecule has 0 aliphatic carbocycles. The van der Waals surface area contributed by atoms with Gasteiger partial charge in [0.05, 0.1) is 24.6 Å². The molecule has 0 amide bonds. The third-order valence-electron chi connectivity index (χ3n) is 2.81. The largest absolute Gasteiger partial charge is 0.476 e. The van der Waals surface area contributed by atoms with Gasteiger partial charge in [0.15, 0.2) is 0 Å². The van der Waals surface area contributed by atoms with E-state index in [0.717, 1.165) is 5.69 Å². The van der Waals surface area contributed by atoms with E-state index in [1.54, 1.807) is 18.5 Å². The minimum Gasteiger partial charge on any atom is -0.476 e. The fraction of sp³-hybridized carbons (Fsp3) is 0.333. The van der Waals surface area contributed by atoms with Crippen molar-refractivity contribution in [2.45, 2.75) is 13.8 Å². The summed E-state index contributed by atoms with van der Waals surface area (Å²) in [7, 11) is 0. The maximum atomic E-state index is 12.1. The van der Waals surface area contributed by atoms with Gasteiger partial charge >= 0.3 is 5.97 Å². The minimum atomic E-state index is -0.415. The van der Waals surface area contributed by atoms with Crippen molar-refractivity contribution < 1.29 is 14.3 Å². The third-order valence-corrected chi connectivity index (χ3v) is 3.14. The van der Waals surface area contributed by atoms with Gasteiger partial charge in [-0.05, 0) is 26.0 Å². The van der Waals surface area contributed by atoms with E-state index in [9.17, 15) is 4.79 Å². The van der Waals surface area contributed by atoms with Crippen LogP contribution in [0.1, 0.15) is 23.0 Å².